The summed E-state index contributed by atoms with van der Waals surface area (Å²) < 4.78 is 11.5. The molecule has 0 saturated carbocycles. The van der Waals surface area contributed by atoms with Gasteiger partial charge in [0.15, 0.2) is 0 Å². The van der Waals surface area contributed by atoms with E-state index in [1.165, 1.54) is 0 Å². The highest BCUT2D eigenvalue weighted by Crippen LogP contribution is 2.52. The molecule has 3 aliphatic heterocycles. The van der Waals surface area contributed by atoms with E-state index in [1.54, 1.807) is 0 Å². The fraction of sp³-hybridized carbons (Fsp3) is 0.778. The Kier molecular flexibility index (Phi) is 4.76. The molecule has 0 aromatic rings. The quantitative estimate of drug-likeness (QED) is 0.391. The van der Waals surface area contributed by atoms with Crippen LogP contribution in [0.15, 0.2) is 12.2 Å². The summed E-state index contributed by atoms with van der Waals surface area (Å²) in [6, 6.07) is 0. The van der Waals surface area contributed by atoms with Crippen molar-refractivity contribution in [3.8, 4) is 0 Å². The van der Waals surface area contributed by atoms with Crippen LogP contribution in [0.1, 0.15) is 46.0 Å². The van der Waals surface area contributed by atoms with E-state index in [-0.39, 0.29) is 18.0 Å². The summed E-state index contributed by atoms with van der Waals surface area (Å²) in [7, 11) is 0. The van der Waals surface area contributed by atoms with Gasteiger partial charge >= 0.3 is 5.97 Å². The number of ether oxygens (including phenoxy) is 2. The van der Waals surface area contributed by atoms with Gasteiger partial charge in [0.1, 0.15) is 11.5 Å². The van der Waals surface area contributed by atoms with Gasteiger partial charge in [-0.1, -0.05) is 45.3 Å². The number of hydrogen-bond acceptors (Lipinski definition) is 4. The monoisotopic (exact) mass is 321 g/mol. The molecule has 3 aliphatic rings. The first kappa shape index (κ1) is 16.5. The lowest BCUT2D eigenvalue weighted by atomic mass is 9.77. The molecule has 5 nitrogen and oxygen atoms in total. The van der Waals surface area contributed by atoms with Gasteiger partial charge in [-0.2, -0.15) is 0 Å². The predicted molar refractivity (Wildman–Crippen MR) is 85.7 cm³/mol. The zero-order valence-electron chi connectivity index (χ0n) is 14.1. The Morgan fingerprint density at radius 3 is 2.87 bits per heavy atom. The third kappa shape index (κ3) is 2.80. The third-order valence-corrected chi connectivity index (χ3v) is 5.22. The van der Waals surface area contributed by atoms with Crippen molar-refractivity contribution in [2.24, 2.45) is 11.8 Å². The van der Waals surface area contributed by atoms with Crippen LogP contribution < -0.4 is 0 Å². The number of fused-ring (bicyclic) bond motifs is 1. The Morgan fingerprint density at radius 2 is 2.13 bits per heavy atom. The molecule has 0 unspecified atom stereocenters. The van der Waals surface area contributed by atoms with E-state index in [2.05, 4.69) is 13.8 Å². The number of hydrogen-bond donors (Lipinski definition) is 0. The van der Waals surface area contributed by atoms with Crippen LogP contribution in [0.25, 0.3) is 0 Å². The molecular weight excluding hydrogens is 294 g/mol. The van der Waals surface area contributed by atoms with Crippen LogP contribution in [0.5, 0.6) is 0 Å². The molecule has 23 heavy (non-hydrogen) atoms. The number of esters is 1. The molecule has 0 radical (unpaired) electrons. The lowest BCUT2D eigenvalue weighted by molar-refractivity contribution is -0.153. The normalized spacial score (nSPS) is 34.3. The maximum Gasteiger partial charge on any atom is 0.312 e. The first-order valence-electron chi connectivity index (χ1n) is 8.95. The van der Waals surface area contributed by atoms with Crippen molar-refractivity contribution in [2.75, 3.05) is 19.7 Å². The standard InChI is InChI=1S/C18H27NO4/c1-3-5-7-11-22-17(21)14-13-8-9-18(23-13)12-19(10-6-4-2)16(20)15(14)18/h8-9,13-15H,3-7,10-12H2,1-2H3/t13-,14-,15+,18-/m1/s1. The summed E-state index contributed by atoms with van der Waals surface area (Å²) in [6.07, 6.45) is 8.68. The molecule has 2 bridgehead atoms. The van der Waals surface area contributed by atoms with Gasteiger partial charge in [0.25, 0.3) is 0 Å². The molecule has 4 atom stereocenters. The van der Waals surface area contributed by atoms with E-state index in [0.29, 0.717) is 13.2 Å². The second-order valence-corrected chi connectivity index (χ2v) is 6.89. The lowest BCUT2D eigenvalue weighted by Crippen LogP contribution is -2.40. The first-order chi connectivity index (χ1) is 11.1. The zero-order chi connectivity index (χ0) is 16.4. The minimum absolute atomic E-state index is 0.0563. The molecule has 2 fully saturated rings. The van der Waals surface area contributed by atoms with Gasteiger partial charge in [-0.3, -0.25) is 9.59 Å². The Bertz CT molecular complexity index is 503. The minimum Gasteiger partial charge on any atom is -0.465 e. The number of rotatable bonds is 8. The van der Waals surface area contributed by atoms with Gasteiger partial charge in [0.2, 0.25) is 5.91 Å². The Morgan fingerprint density at radius 1 is 1.35 bits per heavy atom. The molecule has 0 aromatic carbocycles. The van der Waals surface area contributed by atoms with Gasteiger partial charge < -0.3 is 14.4 Å². The van der Waals surface area contributed by atoms with Crippen LogP contribution in [-0.4, -0.2) is 48.2 Å². The Labute approximate surface area is 138 Å². The van der Waals surface area contributed by atoms with E-state index in [9.17, 15) is 9.59 Å². The molecule has 1 spiro atoms. The highest BCUT2D eigenvalue weighted by atomic mass is 16.6. The Balaban J connectivity index is 1.67. The highest BCUT2D eigenvalue weighted by molar-refractivity contribution is 5.91. The fourth-order valence-electron chi connectivity index (χ4n) is 4.01. The number of carbonyl (C=O) groups excluding carboxylic acids is 2. The summed E-state index contributed by atoms with van der Waals surface area (Å²) >= 11 is 0. The second-order valence-electron chi connectivity index (χ2n) is 6.89. The largest absolute Gasteiger partial charge is 0.465 e. The van der Waals surface area contributed by atoms with Gasteiger partial charge in [-0.05, 0) is 12.8 Å². The van der Waals surface area contributed by atoms with Crippen LogP contribution in [0, 0.1) is 11.8 Å². The predicted octanol–water partition coefficient (Wildman–Crippen LogP) is 2.30. The van der Waals surface area contributed by atoms with Crippen molar-refractivity contribution in [1.82, 2.24) is 4.90 Å². The first-order valence-corrected chi connectivity index (χ1v) is 8.95. The number of nitrogens with zero attached hydrogens (tertiary/aromatic N) is 1. The molecule has 0 aliphatic carbocycles. The highest BCUT2D eigenvalue weighted by Gasteiger charge is 2.67. The fourth-order valence-corrected chi connectivity index (χ4v) is 4.01. The average Bonchev–Trinajstić information content (AvgIpc) is 3.18. The molecule has 0 N–H and O–H groups in total. The van der Waals surface area contributed by atoms with Gasteiger partial charge in [-0.15, -0.1) is 0 Å². The topological polar surface area (TPSA) is 55.8 Å². The third-order valence-electron chi connectivity index (χ3n) is 5.22. The lowest BCUT2D eigenvalue weighted by Gasteiger charge is -2.22. The number of likely N-dealkylation sites (tertiary alicyclic amines) is 1. The van der Waals surface area contributed by atoms with Crippen LogP contribution in [0.4, 0.5) is 0 Å². The van der Waals surface area contributed by atoms with Crippen LogP contribution in [-0.2, 0) is 19.1 Å². The second kappa shape index (κ2) is 6.63. The maximum atomic E-state index is 12.8. The molecule has 0 aromatic heterocycles. The number of amides is 1. The smallest absolute Gasteiger partial charge is 0.312 e. The molecule has 128 valence electrons. The van der Waals surface area contributed by atoms with E-state index >= 15 is 0 Å². The maximum absolute atomic E-state index is 12.8. The summed E-state index contributed by atoms with van der Waals surface area (Å²) in [6.45, 7) is 5.98. The minimum atomic E-state index is -0.595. The molecule has 3 heterocycles. The van der Waals surface area contributed by atoms with Crippen molar-refractivity contribution >= 4 is 11.9 Å². The van der Waals surface area contributed by atoms with E-state index < -0.39 is 17.4 Å². The summed E-state index contributed by atoms with van der Waals surface area (Å²) in [5.74, 6) is -1.08. The molecular formula is C18H27NO4. The zero-order valence-corrected chi connectivity index (χ0v) is 14.1. The van der Waals surface area contributed by atoms with Gasteiger partial charge in [0.05, 0.1) is 25.2 Å². The molecule has 1 amide bonds. The van der Waals surface area contributed by atoms with E-state index in [1.807, 2.05) is 17.1 Å². The van der Waals surface area contributed by atoms with Crippen LogP contribution in [0.3, 0.4) is 0 Å². The van der Waals surface area contributed by atoms with Crippen molar-refractivity contribution in [1.29, 1.82) is 0 Å². The molecule has 2 saturated heterocycles. The summed E-state index contributed by atoms with van der Waals surface area (Å²) in [5.41, 5.74) is -0.595. The van der Waals surface area contributed by atoms with Crippen molar-refractivity contribution in [2.45, 2.75) is 57.7 Å². The van der Waals surface area contributed by atoms with Crippen molar-refractivity contribution in [3.05, 3.63) is 12.2 Å². The van der Waals surface area contributed by atoms with Gasteiger partial charge in [0, 0.05) is 6.54 Å². The Hall–Kier alpha value is -1.36. The van der Waals surface area contributed by atoms with E-state index in [0.717, 1.165) is 38.6 Å². The number of carbonyl (C=O) groups is 2. The molecule has 5 heteroatoms. The van der Waals surface area contributed by atoms with Gasteiger partial charge in [-0.25, -0.2) is 0 Å². The molecule has 3 rings (SSSR count). The average molecular weight is 321 g/mol. The SMILES string of the molecule is CCCCCOC(=O)[C@H]1[C@H]2C(=O)N(CCCC)C[C@]23C=C[C@H]1O3. The van der Waals surface area contributed by atoms with E-state index in [4.69, 9.17) is 9.47 Å². The van der Waals surface area contributed by atoms with Crippen molar-refractivity contribution in [3.63, 3.8) is 0 Å². The summed E-state index contributed by atoms with van der Waals surface area (Å²) in [4.78, 5) is 27.1. The van der Waals surface area contributed by atoms with Crippen LogP contribution >= 0.6 is 0 Å². The van der Waals surface area contributed by atoms with Crippen LogP contribution in [0.2, 0.25) is 0 Å². The number of unbranched alkanes of at least 4 members (excludes halogenated alkanes) is 3. The summed E-state index contributed by atoms with van der Waals surface area (Å²) in [5, 5.41) is 0. The van der Waals surface area contributed by atoms with Crippen molar-refractivity contribution < 1.29 is 19.1 Å².